The van der Waals surface area contributed by atoms with E-state index in [-0.39, 0.29) is 17.7 Å². The van der Waals surface area contributed by atoms with Crippen LogP contribution >= 0.6 is 11.6 Å². The Hall–Kier alpha value is -3.08. The standard InChI is InChI=1S/C18H13ClN2O4/c1-2-25-18(24)15(21-20)17(23)14-6-4-3-5-13(14)16(22)11-7-9-12(19)10-8-11/h3-10H,2H2,1H3. The van der Waals surface area contributed by atoms with Gasteiger partial charge in [-0.25, -0.2) is 4.79 Å². The lowest BCUT2D eigenvalue weighted by atomic mass is 9.94. The van der Waals surface area contributed by atoms with E-state index < -0.39 is 23.2 Å². The lowest BCUT2D eigenvalue weighted by Gasteiger charge is -2.06. The van der Waals surface area contributed by atoms with Crippen molar-refractivity contribution in [2.45, 2.75) is 6.92 Å². The highest BCUT2D eigenvalue weighted by Crippen LogP contribution is 2.18. The number of carbonyl (C=O) groups is 3. The summed E-state index contributed by atoms with van der Waals surface area (Å²) in [5.74, 6) is -2.40. The summed E-state index contributed by atoms with van der Waals surface area (Å²) in [6.07, 6.45) is 0. The fourth-order valence-electron chi connectivity index (χ4n) is 2.14. The van der Waals surface area contributed by atoms with E-state index in [1.165, 1.54) is 30.3 Å². The topological polar surface area (TPSA) is 96.8 Å². The SMILES string of the molecule is CCOC(=O)C(=[N+]=[N-])C(=O)c1ccccc1C(=O)c1ccc(Cl)cc1. The monoisotopic (exact) mass is 356 g/mol. The number of Topliss-reactive ketones (excluding diaryl/α,β-unsaturated/α-hetero) is 1. The van der Waals surface area contributed by atoms with Crippen LogP contribution in [0.2, 0.25) is 5.02 Å². The molecule has 0 bridgehead atoms. The van der Waals surface area contributed by atoms with Crippen molar-refractivity contribution in [1.82, 2.24) is 0 Å². The van der Waals surface area contributed by atoms with Crippen molar-refractivity contribution in [2.24, 2.45) is 0 Å². The summed E-state index contributed by atoms with van der Waals surface area (Å²) in [4.78, 5) is 39.7. The van der Waals surface area contributed by atoms with Gasteiger partial charge in [-0.05, 0) is 37.3 Å². The van der Waals surface area contributed by atoms with Gasteiger partial charge in [0.1, 0.15) is 0 Å². The first-order chi connectivity index (χ1) is 12.0. The van der Waals surface area contributed by atoms with Crippen molar-refractivity contribution < 1.29 is 23.9 Å². The number of hydrogen-bond donors (Lipinski definition) is 0. The van der Waals surface area contributed by atoms with Gasteiger partial charge >= 0.3 is 11.7 Å². The Balaban J connectivity index is 2.45. The van der Waals surface area contributed by atoms with Gasteiger partial charge in [0.25, 0.3) is 5.78 Å². The molecule has 7 heteroatoms. The van der Waals surface area contributed by atoms with Crippen molar-refractivity contribution >= 4 is 34.8 Å². The molecule has 0 spiro atoms. The fourth-order valence-corrected chi connectivity index (χ4v) is 2.27. The number of carbonyl (C=O) groups excluding carboxylic acids is 3. The van der Waals surface area contributed by atoms with Crippen LogP contribution in [-0.4, -0.2) is 34.6 Å². The highest BCUT2D eigenvalue weighted by Gasteiger charge is 2.34. The second-order valence-electron chi connectivity index (χ2n) is 4.88. The van der Waals surface area contributed by atoms with Gasteiger partial charge in [0, 0.05) is 21.7 Å². The molecule has 0 fully saturated rings. The van der Waals surface area contributed by atoms with Crippen LogP contribution in [0.3, 0.4) is 0 Å². The van der Waals surface area contributed by atoms with Gasteiger partial charge in [0.15, 0.2) is 5.78 Å². The number of ether oxygens (including phenoxy) is 1. The molecule has 0 aliphatic heterocycles. The molecule has 0 aliphatic carbocycles. The zero-order valence-electron chi connectivity index (χ0n) is 13.2. The maximum Gasteiger partial charge on any atom is 0.446 e. The Labute approximate surface area is 148 Å². The van der Waals surface area contributed by atoms with E-state index in [0.717, 1.165) is 0 Å². The summed E-state index contributed by atoms with van der Waals surface area (Å²) in [5.41, 5.74) is 8.53. The minimum absolute atomic E-state index is 0.0104. The number of nitrogens with zero attached hydrogens (tertiary/aromatic N) is 2. The van der Waals surface area contributed by atoms with Crippen LogP contribution in [0.4, 0.5) is 0 Å². The Morgan fingerprint density at radius 1 is 1.04 bits per heavy atom. The molecule has 2 rings (SSSR count). The normalized spacial score (nSPS) is 9.84. The highest BCUT2D eigenvalue weighted by molar-refractivity contribution is 6.66. The van der Waals surface area contributed by atoms with E-state index in [4.69, 9.17) is 17.1 Å². The van der Waals surface area contributed by atoms with Crippen molar-refractivity contribution in [3.05, 3.63) is 75.8 Å². The first kappa shape index (κ1) is 18.3. The Bertz CT molecular complexity index is 884. The molecule has 126 valence electrons. The number of benzene rings is 2. The predicted octanol–water partition coefficient (Wildman–Crippen LogP) is 2.99. The molecular weight excluding hydrogens is 344 g/mol. The molecule has 0 amide bonds. The number of esters is 1. The maximum absolute atomic E-state index is 12.7. The molecule has 2 aromatic carbocycles. The quantitative estimate of drug-likeness (QED) is 0.198. The molecule has 2 aromatic rings. The minimum Gasteiger partial charge on any atom is -0.457 e. The molecule has 0 aliphatic rings. The minimum atomic E-state index is -1.07. The molecule has 0 unspecified atom stereocenters. The largest absolute Gasteiger partial charge is 0.457 e. The van der Waals surface area contributed by atoms with Crippen LogP contribution in [0.15, 0.2) is 48.5 Å². The van der Waals surface area contributed by atoms with Crippen molar-refractivity contribution in [3.8, 4) is 0 Å². The average Bonchev–Trinajstić information content (AvgIpc) is 2.62. The summed E-state index contributed by atoms with van der Waals surface area (Å²) in [6.45, 7) is 1.56. The molecule has 25 heavy (non-hydrogen) atoms. The average molecular weight is 357 g/mol. The number of hydrogen-bond acceptors (Lipinski definition) is 4. The van der Waals surface area contributed by atoms with Gasteiger partial charge in [0.2, 0.25) is 0 Å². The Kier molecular flexibility index (Phi) is 5.95. The van der Waals surface area contributed by atoms with Crippen LogP contribution in [-0.2, 0) is 9.53 Å². The van der Waals surface area contributed by atoms with E-state index in [2.05, 4.69) is 9.53 Å². The lowest BCUT2D eigenvalue weighted by Crippen LogP contribution is -2.28. The van der Waals surface area contributed by atoms with Gasteiger partial charge in [-0.2, -0.15) is 4.79 Å². The van der Waals surface area contributed by atoms with Crippen molar-refractivity contribution in [3.63, 3.8) is 0 Å². The number of ketones is 2. The molecule has 0 atom stereocenters. The molecule has 0 aromatic heterocycles. The van der Waals surface area contributed by atoms with Crippen molar-refractivity contribution in [1.29, 1.82) is 0 Å². The van der Waals surface area contributed by atoms with E-state index >= 15 is 0 Å². The van der Waals surface area contributed by atoms with Crippen LogP contribution < -0.4 is 0 Å². The van der Waals surface area contributed by atoms with Crippen LogP contribution in [0.25, 0.3) is 5.53 Å². The summed E-state index contributed by atoms with van der Waals surface area (Å²) < 4.78 is 4.69. The van der Waals surface area contributed by atoms with Gasteiger partial charge < -0.3 is 10.3 Å². The van der Waals surface area contributed by atoms with Gasteiger partial charge in [0.05, 0.1) is 6.61 Å². The third-order valence-corrected chi connectivity index (χ3v) is 3.56. The maximum atomic E-state index is 12.7. The predicted molar refractivity (Wildman–Crippen MR) is 90.9 cm³/mol. The van der Waals surface area contributed by atoms with E-state index in [0.29, 0.717) is 10.6 Å². The molecule has 0 N–H and O–H groups in total. The Morgan fingerprint density at radius 2 is 1.64 bits per heavy atom. The molecule has 6 nitrogen and oxygen atoms in total. The lowest BCUT2D eigenvalue weighted by molar-refractivity contribution is -0.139. The summed E-state index contributed by atoms with van der Waals surface area (Å²) in [5, 5.41) is 0.470. The van der Waals surface area contributed by atoms with Crippen LogP contribution in [0.5, 0.6) is 0 Å². The molecule has 0 saturated heterocycles. The van der Waals surface area contributed by atoms with Gasteiger partial charge in [-0.3, -0.25) is 9.59 Å². The Morgan fingerprint density at radius 3 is 2.20 bits per heavy atom. The molecule has 0 saturated carbocycles. The third kappa shape index (κ3) is 4.07. The molecule has 0 heterocycles. The second-order valence-corrected chi connectivity index (χ2v) is 5.32. The zero-order valence-corrected chi connectivity index (χ0v) is 14.0. The highest BCUT2D eigenvalue weighted by atomic mass is 35.5. The second kappa shape index (κ2) is 8.15. The summed E-state index contributed by atoms with van der Waals surface area (Å²) in [7, 11) is 0. The molecule has 0 radical (unpaired) electrons. The van der Waals surface area contributed by atoms with Crippen LogP contribution in [0, 0.1) is 0 Å². The van der Waals surface area contributed by atoms with Crippen molar-refractivity contribution in [2.75, 3.05) is 6.61 Å². The van der Waals surface area contributed by atoms with E-state index in [1.54, 1.807) is 25.1 Å². The first-order valence-corrected chi connectivity index (χ1v) is 7.70. The van der Waals surface area contributed by atoms with Gasteiger partial charge in [-0.1, -0.05) is 29.8 Å². The number of rotatable bonds is 6. The smallest absolute Gasteiger partial charge is 0.446 e. The number of halogens is 1. The summed E-state index contributed by atoms with van der Waals surface area (Å²) >= 11 is 5.81. The van der Waals surface area contributed by atoms with Gasteiger partial charge in [-0.15, -0.1) is 0 Å². The fraction of sp³-hybridized carbons (Fsp3) is 0.111. The third-order valence-electron chi connectivity index (χ3n) is 3.31. The summed E-state index contributed by atoms with van der Waals surface area (Å²) in [6, 6.07) is 12.1. The first-order valence-electron chi connectivity index (χ1n) is 7.32. The van der Waals surface area contributed by atoms with E-state index in [1.807, 2.05) is 0 Å². The van der Waals surface area contributed by atoms with E-state index in [9.17, 15) is 14.4 Å². The molecular formula is C18H13ClN2O4. The zero-order chi connectivity index (χ0) is 18.4. The van der Waals surface area contributed by atoms with Crippen LogP contribution in [0.1, 0.15) is 33.2 Å².